The van der Waals surface area contributed by atoms with E-state index >= 15 is 4.39 Å². The molecule has 3 fully saturated rings. The number of carbonyl (C=O) groups excluding carboxylic acids is 2. The number of aliphatic hydroxyl groups excluding tert-OH is 1. The lowest BCUT2D eigenvalue weighted by Crippen LogP contribution is -2.66. The van der Waals surface area contributed by atoms with Gasteiger partial charge in [0.1, 0.15) is 0 Å². The Hall–Kier alpha value is -1.82. The average molecular weight is 390 g/mol. The van der Waals surface area contributed by atoms with Crippen molar-refractivity contribution in [2.75, 3.05) is 0 Å². The van der Waals surface area contributed by atoms with Crippen LogP contribution in [0.3, 0.4) is 0 Å². The molecule has 28 heavy (non-hydrogen) atoms. The Bertz CT molecular complexity index is 831. The van der Waals surface area contributed by atoms with Gasteiger partial charge in [-0.25, -0.2) is 9.18 Å². The monoisotopic (exact) mass is 390 g/mol. The number of rotatable bonds is 2. The summed E-state index contributed by atoms with van der Waals surface area (Å²) in [4.78, 5) is 35.7. The zero-order chi connectivity index (χ0) is 20.6. The molecule has 0 unspecified atom stereocenters. The van der Waals surface area contributed by atoms with E-state index in [1.807, 2.05) is 13.8 Å². The Morgan fingerprint density at radius 1 is 1.25 bits per heavy atom. The number of hydrogen-bond acceptors (Lipinski definition) is 4. The molecule has 2 N–H and O–H groups in total. The number of carbonyl (C=O) groups is 3. The van der Waals surface area contributed by atoms with Crippen LogP contribution >= 0.6 is 0 Å². The predicted octanol–water partition coefficient (Wildman–Crippen LogP) is 2.87. The summed E-state index contributed by atoms with van der Waals surface area (Å²) < 4.78 is 16.8. The number of ketones is 2. The van der Waals surface area contributed by atoms with Crippen molar-refractivity contribution < 1.29 is 29.0 Å². The van der Waals surface area contributed by atoms with Gasteiger partial charge in [0.15, 0.2) is 11.5 Å². The number of hydrogen-bond donors (Lipinski definition) is 2. The molecule has 5 nitrogen and oxygen atoms in total. The molecule has 0 radical (unpaired) electrons. The van der Waals surface area contributed by atoms with Gasteiger partial charge in [-0.3, -0.25) is 9.59 Å². The Labute approximate surface area is 163 Å². The van der Waals surface area contributed by atoms with Crippen molar-refractivity contribution in [3.63, 3.8) is 0 Å². The van der Waals surface area contributed by atoms with Gasteiger partial charge in [0.2, 0.25) is 5.78 Å². The topological polar surface area (TPSA) is 91.7 Å². The second-order valence-corrected chi connectivity index (χ2v) is 9.71. The highest BCUT2D eigenvalue weighted by Gasteiger charge is 2.72. The summed E-state index contributed by atoms with van der Waals surface area (Å²) in [5, 5.41) is 20.4. The van der Waals surface area contributed by atoms with Crippen LogP contribution in [0, 0.1) is 34.5 Å². The van der Waals surface area contributed by atoms with E-state index in [0.717, 1.165) is 0 Å². The van der Waals surface area contributed by atoms with Crippen molar-refractivity contribution >= 4 is 17.5 Å². The van der Waals surface area contributed by atoms with E-state index in [9.17, 15) is 24.6 Å². The molecule has 0 aromatic carbocycles. The summed E-state index contributed by atoms with van der Waals surface area (Å²) in [6.45, 7) is 5.46. The molecule has 0 spiro atoms. The number of fused-ring (bicyclic) bond motifs is 5. The maximum Gasteiger partial charge on any atom is 0.372 e. The lowest BCUT2D eigenvalue weighted by molar-refractivity contribution is -0.196. The Kier molecular flexibility index (Phi) is 4.07. The molecule has 3 saturated carbocycles. The van der Waals surface area contributed by atoms with E-state index in [0.29, 0.717) is 24.8 Å². The lowest BCUT2D eigenvalue weighted by Gasteiger charge is -2.61. The number of carboxylic acids is 1. The van der Waals surface area contributed by atoms with Gasteiger partial charge in [-0.15, -0.1) is 0 Å². The van der Waals surface area contributed by atoms with Crippen LogP contribution in [0.15, 0.2) is 23.8 Å². The van der Waals surface area contributed by atoms with Crippen LogP contribution in [-0.4, -0.2) is 39.5 Å². The first kappa shape index (κ1) is 19.5. The molecular weight excluding hydrogens is 363 g/mol. The Balaban J connectivity index is 1.80. The molecule has 4 aliphatic carbocycles. The lowest BCUT2D eigenvalue weighted by atomic mass is 9.45. The maximum absolute atomic E-state index is 16.8. The molecule has 4 rings (SSSR count). The van der Waals surface area contributed by atoms with Gasteiger partial charge in [-0.05, 0) is 62.0 Å². The van der Waals surface area contributed by atoms with Crippen molar-refractivity contribution in [3.05, 3.63) is 23.8 Å². The summed E-state index contributed by atoms with van der Waals surface area (Å²) in [7, 11) is 0. The van der Waals surface area contributed by atoms with Gasteiger partial charge >= 0.3 is 5.97 Å². The van der Waals surface area contributed by atoms with E-state index < -0.39 is 46.2 Å². The fourth-order valence-corrected chi connectivity index (χ4v) is 7.27. The number of halogens is 1. The third-order valence-corrected chi connectivity index (χ3v) is 8.47. The fraction of sp³-hybridized carbons (Fsp3) is 0.682. The van der Waals surface area contributed by atoms with E-state index in [1.165, 1.54) is 12.2 Å². The molecule has 152 valence electrons. The van der Waals surface area contributed by atoms with Crippen LogP contribution in [0.25, 0.3) is 0 Å². The van der Waals surface area contributed by atoms with Crippen LogP contribution in [0.2, 0.25) is 0 Å². The quantitative estimate of drug-likeness (QED) is 0.708. The molecule has 6 heteroatoms. The summed E-state index contributed by atoms with van der Waals surface area (Å²) in [5.74, 6) is -4.03. The Morgan fingerprint density at radius 2 is 1.93 bits per heavy atom. The normalized spacial score (nSPS) is 49.7. The molecule has 0 bridgehead atoms. The molecular formula is C22H27FO5. The smallest absolute Gasteiger partial charge is 0.372 e. The highest BCUT2D eigenvalue weighted by atomic mass is 19.1. The number of allylic oxidation sites excluding steroid dienone is 4. The number of Topliss-reactive ketones (excluding diaryl/α,β-unsaturated/α-hetero) is 1. The highest BCUT2D eigenvalue weighted by Crippen LogP contribution is 2.69. The molecule has 8 atom stereocenters. The van der Waals surface area contributed by atoms with Gasteiger partial charge in [-0.2, -0.15) is 0 Å². The summed E-state index contributed by atoms with van der Waals surface area (Å²) in [6, 6.07) is 0. The van der Waals surface area contributed by atoms with Crippen molar-refractivity contribution in [1.29, 1.82) is 0 Å². The van der Waals surface area contributed by atoms with E-state index in [1.54, 1.807) is 13.0 Å². The molecule has 0 saturated heterocycles. The first-order valence-electron chi connectivity index (χ1n) is 10.0. The minimum Gasteiger partial charge on any atom is -0.475 e. The van der Waals surface area contributed by atoms with Crippen LogP contribution in [0.4, 0.5) is 4.39 Å². The number of aliphatic carboxylic acids is 1. The largest absolute Gasteiger partial charge is 0.475 e. The standard InChI is InChI=1S/C22H27FO5/c1-11-8-15-14-5-4-12-9-13(24)6-7-21(12,3)22(14,23)16(25)10-20(15,2)17(11)18(26)19(27)28/h6-7,9,11,14-17,25H,4-5,8,10H2,1-3H3,(H,27,28)/t11-,14-,15-,16-,17-,20-,21-,22-/m0/s1. The van der Waals surface area contributed by atoms with Gasteiger partial charge < -0.3 is 10.2 Å². The summed E-state index contributed by atoms with van der Waals surface area (Å²) in [6.07, 6.45) is 4.80. The van der Waals surface area contributed by atoms with Crippen molar-refractivity contribution in [3.8, 4) is 0 Å². The number of alkyl halides is 1. The molecule has 0 aliphatic heterocycles. The van der Waals surface area contributed by atoms with Crippen LogP contribution in [0.5, 0.6) is 0 Å². The van der Waals surface area contributed by atoms with Gasteiger partial charge in [0, 0.05) is 17.3 Å². The number of aliphatic hydroxyl groups is 1. The van der Waals surface area contributed by atoms with E-state index in [4.69, 9.17) is 0 Å². The average Bonchev–Trinajstić information content (AvgIpc) is 2.86. The van der Waals surface area contributed by atoms with Crippen molar-refractivity contribution in [1.82, 2.24) is 0 Å². The molecule has 0 aromatic heterocycles. The minimum atomic E-state index is -1.95. The van der Waals surface area contributed by atoms with Gasteiger partial charge in [-0.1, -0.05) is 25.5 Å². The summed E-state index contributed by atoms with van der Waals surface area (Å²) >= 11 is 0. The molecule has 0 aromatic rings. The Morgan fingerprint density at radius 3 is 2.57 bits per heavy atom. The van der Waals surface area contributed by atoms with Crippen molar-refractivity contribution in [2.24, 2.45) is 34.5 Å². The van der Waals surface area contributed by atoms with E-state index in [2.05, 4.69) is 0 Å². The molecule has 0 heterocycles. The van der Waals surface area contributed by atoms with E-state index in [-0.39, 0.29) is 24.0 Å². The molecule has 4 aliphatic rings. The van der Waals surface area contributed by atoms with Crippen LogP contribution in [-0.2, 0) is 14.4 Å². The van der Waals surface area contributed by atoms with Gasteiger partial charge in [0.25, 0.3) is 0 Å². The third kappa shape index (κ3) is 2.18. The SMILES string of the molecule is C[C@H]1C[C@H]2[C@@H]3CCC4=CC(=O)C=C[C@]4(C)[C@@]3(F)[C@@H](O)C[C@]2(C)[C@@H]1C(=O)C(=O)O. The van der Waals surface area contributed by atoms with Crippen molar-refractivity contribution in [2.45, 2.75) is 58.2 Å². The second-order valence-electron chi connectivity index (χ2n) is 9.71. The second kappa shape index (κ2) is 5.85. The third-order valence-electron chi connectivity index (χ3n) is 8.47. The van der Waals surface area contributed by atoms with Crippen LogP contribution in [0.1, 0.15) is 46.5 Å². The first-order chi connectivity index (χ1) is 13.0. The highest BCUT2D eigenvalue weighted by molar-refractivity contribution is 6.33. The van der Waals surface area contributed by atoms with Crippen LogP contribution < -0.4 is 0 Å². The number of carboxylic acid groups (broad SMARTS) is 1. The fourth-order valence-electron chi connectivity index (χ4n) is 7.27. The summed E-state index contributed by atoms with van der Waals surface area (Å²) in [5.41, 5.74) is -3.05. The zero-order valence-corrected chi connectivity index (χ0v) is 16.4. The van der Waals surface area contributed by atoms with Gasteiger partial charge in [0.05, 0.1) is 6.10 Å². The zero-order valence-electron chi connectivity index (χ0n) is 16.4. The first-order valence-corrected chi connectivity index (χ1v) is 10.0. The minimum absolute atomic E-state index is 0.0450. The molecule has 0 amide bonds. The predicted molar refractivity (Wildman–Crippen MR) is 99.0 cm³/mol. The maximum atomic E-state index is 16.8.